The number of rotatable bonds is 13. The Balaban J connectivity index is 1.69. The molecule has 0 radical (unpaired) electrons. The number of amides is 3. The zero-order valence-electron chi connectivity index (χ0n) is 21.7. The SMILES string of the molecule is CCCCCc1ccc(C(=O)Nc2[nH]c(-c3ccc(OCC(=O)N(CC)CC)cc3)nc2C(N)=O)cc1. The molecule has 3 aromatic rings. The highest BCUT2D eigenvalue weighted by Gasteiger charge is 2.19. The normalized spacial score (nSPS) is 10.7. The molecule has 3 rings (SSSR count). The zero-order chi connectivity index (χ0) is 26.8. The number of nitrogens with one attached hydrogen (secondary N) is 2. The van der Waals surface area contributed by atoms with Crippen LogP contribution in [-0.2, 0) is 11.2 Å². The lowest BCUT2D eigenvalue weighted by molar-refractivity contribution is -0.132. The fourth-order valence-electron chi connectivity index (χ4n) is 3.89. The third-order valence-corrected chi connectivity index (χ3v) is 6.07. The Morgan fingerprint density at radius 3 is 2.24 bits per heavy atom. The van der Waals surface area contributed by atoms with Gasteiger partial charge in [-0.05, 0) is 68.7 Å². The molecule has 0 unspecified atom stereocenters. The average Bonchev–Trinajstić information content (AvgIpc) is 3.33. The molecule has 0 spiro atoms. The van der Waals surface area contributed by atoms with Gasteiger partial charge >= 0.3 is 0 Å². The van der Waals surface area contributed by atoms with Crippen LogP contribution in [0.3, 0.4) is 0 Å². The number of carbonyl (C=O) groups excluding carboxylic acids is 3. The van der Waals surface area contributed by atoms with Gasteiger partial charge in [0.25, 0.3) is 17.7 Å². The van der Waals surface area contributed by atoms with Crippen molar-refractivity contribution in [3.05, 3.63) is 65.4 Å². The lowest BCUT2D eigenvalue weighted by Gasteiger charge is -2.18. The van der Waals surface area contributed by atoms with Gasteiger partial charge in [-0.25, -0.2) is 4.98 Å². The number of ether oxygens (including phenoxy) is 1. The van der Waals surface area contributed by atoms with Crippen LogP contribution in [0.2, 0.25) is 0 Å². The minimum atomic E-state index is -0.765. The Hall–Kier alpha value is -4.14. The second-order valence-electron chi connectivity index (χ2n) is 8.66. The van der Waals surface area contributed by atoms with Crippen LogP contribution in [0, 0.1) is 0 Å². The molecule has 3 amide bonds. The fourth-order valence-corrected chi connectivity index (χ4v) is 3.89. The molecule has 0 aliphatic carbocycles. The van der Waals surface area contributed by atoms with Crippen molar-refractivity contribution >= 4 is 23.5 Å². The molecule has 37 heavy (non-hydrogen) atoms. The van der Waals surface area contributed by atoms with E-state index in [4.69, 9.17) is 10.5 Å². The summed E-state index contributed by atoms with van der Waals surface area (Å²) in [6.45, 7) is 7.20. The van der Waals surface area contributed by atoms with E-state index in [1.165, 1.54) is 12.0 Å². The highest BCUT2D eigenvalue weighted by atomic mass is 16.5. The molecule has 0 saturated carbocycles. The van der Waals surface area contributed by atoms with Gasteiger partial charge in [0, 0.05) is 24.2 Å². The molecule has 2 aromatic carbocycles. The van der Waals surface area contributed by atoms with Gasteiger partial charge in [-0.1, -0.05) is 31.9 Å². The Morgan fingerprint density at radius 2 is 1.65 bits per heavy atom. The van der Waals surface area contributed by atoms with Crippen LogP contribution in [0.15, 0.2) is 48.5 Å². The van der Waals surface area contributed by atoms with Crippen molar-refractivity contribution in [3.8, 4) is 17.1 Å². The second kappa shape index (κ2) is 13.2. The molecule has 9 heteroatoms. The van der Waals surface area contributed by atoms with Crippen LogP contribution in [0.4, 0.5) is 5.82 Å². The number of hydrogen-bond donors (Lipinski definition) is 3. The molecule has 0 aliphatic heterocycles. The third-order valence-electron chi connectivity index (χ3n) is 6.07. The first-order valence-electron chi connectivity index (χ1n) is 12.7. The lowest BCUT2D eigenvalue weighted by atomic mass is 10.1. The maximum Gasteiger partial charge on any atom is 0.271 e. The number of anilines is 1. The Kier molecular flexibility index (Phi) is 9.83. The van der Waals surface area contributed by atoms with Crippen LogP contribution in [0.1, 0.15) is 66.4 Å². The van der Waals surface area contributed by atoms with Crippen LogP contribution >= 0.6 is 0 Å². The zero-order valence-corrected chi connectivity index (χ0v) is 21.7. The summed E-state index contributed by atoms with van der Waals surface area (Å²) >= 11 is 0. The number of aromatic amines is 1. The van der Waals surface area contributed by atoms with Gasteiger partial charge in [0.05, 0.1) is 0 Å². The topological polar surface area (TPSA) is 130 Å². The smallest absolute Gasteiger partial charge is 0.271 e. The van der Waals surface area contributed by atoms with Crippen LogP contribution < -0.4 is 15.8 Å². The number of likely N-dealkylation sites (N-methyl/N-ethyl adjacent to an activating group) is 1. The minimum Gasteiger partial charge on any atom is -0.484 e. The number of hydrogen-bond acceptors (Lipinski definition) is 5. The van der Waals surface area contributed by atoms with E-state index in [0.717, 1.165) is 19.3 Å². The van der Waals surface area contributed by atoms with E-state index in [1.807, 2.05) is 26.0 Å². The predicted octanol–water partition coefficient (Wildman–Crippen LogP) is 4.41. The number of benzene rings is 2. The number of carbonyl (C=O) groups is 3. The molecule has 196 valence electrons. The number of aromatic nitrogens is 2. The molecular formula is C28H35N5O4. The van der Waals surface area contributed by atoms with Gasteiger partial charge in [0.1, 0.15) is 17.4 Å². The summed E-state index contributed by atoms with van der Waals surface area (Å²) in [6, 6.07) is 14.3. The van der Waals surface area contributed by atoms with Crippen molar-refractivity contribution in [1.29, 1.82) is 0 Å². The maximum atomic E-state index is 12.8. The van der Waals surface area contributed by atoms with E-state index in [9.17, 15) is 14.4 Å². The second-order valence-corrected chi connectivity index (χ2v) is 8.66. The van der Waals surface area contributed by atoms with Crippen molar-refractivity contribution in [2.75, 3.05) is 25.0 Å². The molecule has 4 N–H and O–H groups in total. The number of nitrogens with two attached hydrogens (primary N) is 1. The molecule has 0 atom stereocenters. The molecule has 0 fully saturated rings. The van der Waals surface area contributed by atoms with Crippen molar-refractivity contribution in [2.24, 2.45) is 5.73 Å². The van der Waals surface area contributed by atoms with E-state index >= 15 is 0 Å². The van der Waals surface area contributed by atoms with E-state index in [0.29, 0.717) is 35.8 Å². The number of nitrogens with zero attached hydrogens (tertiary/aromatic N) is 2. The first-order valence-corrected chi connectivity index (χ1v) is 12.7. The maximum absolute atomic E-state index is 12.8. The molecular weight excluding hydrogens is 470 g/mol. The van der Waals surface area contributed by atoms with Gasteiger partial charge < -0.3 is 25.7 Å². The lowest BCUT2D eigenvalue weighted by Crippen LogP contribution is -2.34. The van der Waals surface area contributed by atoms with Gasteiger partial charge in [-0.3, -0.25) is 14.4 Å². The highest BCUT2D eigenvalue weighted by Crippen LogP contribution is 2.24. The summed E-state index contributed by atoms with van der Waals surface area (Å²) in [4.78, 5) is 45.9. The Bertz CT molecular complexity index is 1200. The van der Waals surface area contributed by atoms with Crippen molar-refractivity contribution in [1.82, 2.24) is 14.9 Å². The third kappa shape index (κ3) is 7.42. The summed E-state index contributed by atoms with van der Waals surface area (Å²) in [6.07, 6.45) is 4.42. The summed E-state index contributed by atoms with van der Waals surface area (Å²) in [5, 5.41) is 2.71. The molecule has 9 nitrogen and oxygen atoms in total. The summed E-state index contributed by atoms with van der Waals surface area (Å²) in [5.74, 6) is -0.209. The summed E-state index contributed by atoms with van der Waals surface area (Å²) in [5.41, 5.74) is 7.74. The van der Waals surface area contributed by atoms with Gasteiger partial charge in [-0.2, -0.15) is 0 Å². The molecule has 0 aliphatic rings. The first-order chi connectivity index (χ1) is 17.9. The number of unbranched alkanes of at least 4 members (excludes halogenated alkanes) is 2. The van der Waals surface area contributed by atoms with Gasteiger partial charge in [0.2, 0.25) is 0 Å². The number of primary amides is 1. The predicted molar refractivity (Wildman–Crippen MR) is 144 cm³/mol. The van der Waals surface area contributed by atoms with E-state index in [1.54, 1.807) is 41.3 Å². The van der Waals surface area contributed by atoms with Gasteiger partial charge in [-0.15, -0.1) is 0 Å². The molecule has 0 saturated heterocycles. The summed E-state index contributed by atoms with van der Waals surface area (Å²) < 4.78 is 5.59. The van der Waals surface area contributed by atoms with Crippen LogP contribution in [0.5, 0.6) is 5.75 Å². The number of aryl methyl sites for hydroxylation is 1. The van der Waals surface area contributed by atoms with Gasteiger partial charge in [0.15, 0.2) is 12.3 Å². The van der Waals surface area contributed by atoms with Crippen molar-refractivity contribution < 1.29 is 19.1 Å². The molecule has 1 aromatic heterocycles. The molecule has 1 heterocycles. The molecule has 0 bridgehead atoms. The standard InChI is InChI=1S/C28H35N5O4/c1-4-7-8-9-19-10-12-21(13-11-19)28(36)32-27-24(25(29)35)30-26(31-27)20-14-16-22(17-15-20)37-18-23(34)33(5-2)6-3/h10-17H,4-9,18H2,1-3H3,(H2,29,35)(H,30,31)(H,32,36). The fraction of sp³-hybridized carbons (Fsp3) is 0.357. The van der Waals surface area contributed by atoms with E-state index in [-0.39, 0.29) is 29.9 Å². The Morgan fingerprint density at radius 1 is 0.973 bits per heavy atom. The van der Waals surface area contributed by atoms with Crippen LogP contribution in [-0.4, -0.2) is 52.3 Å². The Labute approximate surface area is 217 Å². The van der Waals surface area contributed by atoms with E-state index in [2.05, 4.69) is 22.2 Å². The monoisotopic (exact) mass is 505 g/mol. The van der Waals surface area contributed by atoms with Crippen molar-refractivity contribution in [2.45, 2.75) is 46.5 Å². The largest absolute Gasteiger partial charge is 0.484 e. The quantitative estimate of drug-likeness (QED) is 0.296. The number of imidazole rings is 1. The van der Waals surface area contributed by atoms with Crippen LogP contribution in [0.25, 0.3) is 11.4 Å². The average molecular weight is 506 g/mol. The summed E-state index contributed by atoms with van der Waals surface area (Å²) in [7, 11) is 0. The highest BCUT2D eigenvalue weighted by molar-refractivity contribution is 6.07. The minimum absolute atomic E-state index is 0.0521. The first kappa shape index (κ1) is 27.4. The number of H-pyrrole nitrogens is 1. The van der Waals surface area contributed by atoms with Crippen molar-refractivity contribution in [3.63, 3.8) is 0 Å². The van der Waals surface area contributed by atoms with E-state index < -0.39 is 5.91 Å².